The Labute approximate surface area is 230 Å². The van der Waals surface area contributed by atoms with E-state index in [4.69, 9.17) is 9.47 Å². The van der Waals surface area contributed by atoms with Crippen molar-refractivity contribution in [2.45, 2.75) is 12.2 Å². The van der Waals surface area contributed by atoms with Gasteiger partial charge in [0.1, 0.15) is 0 Å². The van der Waals surface area contributed by atoms with Crippen LogP contribution >= 0.6 is 0 Å². The Hall–Kier alpha value is -4.92. The molecular weight excluding hydrogens is 512 g/mol. The van der Waals surface area contributed by atoms with Crippen molar-refractivity contribution in [2.75, 3.05) is 13.2 Å². The van der Waals surface area contributed by atoms with Crippen molar-refractivity contribution >= 4 is 23.5 Å². The van der Waals surface area contributed by atoms with Crippen LogP contribution in [0.25, 0.3) is 22.3 Å². The number of aliphatic hydroxyl groups is 2. The van der Waals surface area contributed by atoms with Crippen LogP contribution in [0.2, 0.25) is 0 Å². The quantitative estimate of drug-likeness (QED) is 0.218. The van der Waals surface area contributed by atoms with Gasteiger partial charge in [0, 0.05) is 11.1 Å². The number of aliphatic hydroxyl groups excluding tert-OH is 2. The number of carbonyl (C=O) groups is 4. The average molecular weight is 539 g/mol. The summed E-state index contributed by atoms with van der Waals surface area (Å²) in [6.07, 6.45) is -4.61. The van der Waals surface area contributed by atoms with Gasteiger partial charge < -0.3 is 19.7 Å². The largest absolute Gasteiger partial charge is 0.455 e. The van der Waals surface area contributed by atoms with Gasteiger partial charge >= 0.3 is 11.9 Å². The molecule has 2 N–H and O–H groups in total. The van der Waals surface area contributed by atoms with Crippen molar-refractivity contribution in [3.05, 3.63) is 120 Å². The van der Waals surface area contributed by atoms with E-state index in [1.165, 1.54) is 0 Å². The Morgan fingerprint density at radius 3 is 1.10 bits per heavy atom. The zero-order valence-corrected chi connectivity index (χ0v) is 21.3. The Morgan fingerprint density at radius 2 is 0.775 bits per heavy atom. The van der Waals surface area contributed by atoms with Crippen LogP contribution in [0.4, 0.5) is 0 Å². The first-order valence-electron chi connectivity index (χ1n) is 12.4. The second-order valence-corrected chi connectivity index (χ2v) is 8.84. The first kappa shape index (κ1) is 28.1. The van der Waals surface area contributed by atoms with Gasteiger partial charge in [0.25, 0.3) is 0 Å². The highest BCUT2D eigenvalue weighted by atomic mass is 16.6. The molecule has 0 unspecified atom stereocenters. The van der Waals surface area contributed by atoms with E-state index < -0.39 is 48.9 Å². The Morgan fingerprint density at radius 1 is 0.475 bits per heavy atom. The first-order valence-corrected chi connectivity index (χ1v) is 12.4. The topological polar surface area (TPSA) is 127 Å². The van der Waals surface area contributed by atoms with Crippen molar-refractivity contribution in [1.29, 1.82) is 0 Å². The molecule has 8 heteroatoms. The molecule has 4 aromatic rings. The monoisotopic (exact) mass is 538 g/mol. The standard InChI is InChI=1S/C32H26O8/c33-27(25-15-11-23(12-16-25)21-7-3-1-4-8-21)19-39-31(37)29(35)30(36)32(38)40-20-28(34)26-17-13-24(14-18-26)22-9-5-2-6-10-22/h1-18,29-30,35-36H,19-20H2/t29-,30-/m1/s1. The third-order valence-electron chi connectivity index (χ3n) is 6.10. The third kappa shape index (κ3) is 7.13. The van der Waals surface area contributed by atoms with Crippen LogP contribution in [-0.4, -0.2) is 59.1 Å². The van der Waals surface area contributed by atoms with Crippen molar-refractivity contribution in [1.82, 2.24) is 0 Å². The zero-order valence-electron chi connectivity index (χ0n) is 21.3. The molecule has 0 saturated carbocycles. The van der Waals surface area contributed by atoms with Gasteiger partial charge in [-0.25, -0.2) is 9.59 Å². The second-order valence-electron chi connectivity index (χ2n) is 8.84. The van der Waals surface area contributed by atoms with Gasteiger partial charge in [-0.15, -0.1) is 0 Å². The SMILES string of the molecule is O=C(COC(=O)[C@H](O)[C@@H](O)C(=O)OCC(=O)c1ccc(-c2ccccc2)cc1)c1ccc(-c2ccccc2)cc1. The third-order valence-corrected chi connectivity index (χ3v) is 6.10. The number of Topliss-reactive ketones (excluding diaryl/α,β-unsaturated/α-hetero) is 2. The molecule has 0 aliphatic carbocycles. The highest BCUT2D eigenvalue weighted by molar-refractivity contribution is 5.99. The minimum Gasteiger partial charge on any atom is -0.455 e. The second kappa shape index (κ2) is 13.2. The molecule has 2 atom stereocenters. The Bertz CT molecular complexity index is 1350. The summed E-state index contributed by atoms with van der Waals surface area (Å²) in [5.41, 5.74) is 4.29. The molecule has 4 aromatic carbocycles. The van der Waals surface area contributed by atoms with E-state index >= 15 is 0 Å². The number of benzene rings is 4. The van der Waals surface area contributed by atoms with Crippen LogP contribution in [0.3, 0.4) is 0 Å². The van der Waals surface area contributed by atoms with Gasteiger partial charge in [0.15, 0.2) is 37.0 Å². The fourth-order valence-electron chi connectivity index (χ4n) is 3.83. The molecule has 0 heterocycles. The van der Waals surface area contributed by atoms with Crippen molar-refractivity contribution in [2.24, 2.45) is 0 Å². The van der Waals surface area contributed by atoms with Gasteiger partial charge in [-0.05, 0) is 22.3 Å². The lowest BCUT2D eigenvalue weighted by molar-refractivity contribution is -0.171. The molecule has 4 rings (SSSR count). The Balaban J connectivity index is 1.23. The maximum atomic E-state index is 12.4. The van der Waals surface area contributed by atoms with Gasteiger partial charge in [-0.1, -0.05) is 109 Å². The first-order chi connectivity index (χ1) is 19.3. The predicted octanol–water partition coefficient (Wildman–Crippen LogP) is 3.89. The molecule has 0 aliphatic heterocycles. The van der Waals surface area contributed by atoms with Crippen molar-refractivity contribution in [3.63, 3.8) is 0 Å². The van der Waals surface area contributed by atoms with Crippen LogP contribution < -0.4 is 0 Å². The maximum absolute atomic E-state index is 12.4. The summed E-state index contributed by atoms with van der Waals surface area (Å²) in [5.74, 6) is -3.86. The summed E-state index contributed by atoms with van der Waals surface area (Å²) in [6.45, 7) is -1.42. The van der Waals surface area contributed by atoms with E-state index in [0.29, 0.717) is 0 Å². The number of ether oxygens (including phenoxy) is 2. The van der Waals surface area contributed by atoms with Gasteiger partial charge in [0.05, 0.1) is 0 Å². The summed E-state index contributed by atoms with van der Waals surface area (Å²) < 4.78 is 9.55. The van der Waals surface area contributed by atoms with Crippen LogP contribution in [0, 0.1) is 0 Å². The number of hydrogen-bond donors (Lipinski definition) is 2. The highest BCUT2D eigenvalue weighted by Crippen LogP contribution is 2.20. The van der Waals surface area contributed by atoms with E-state index in [-0.39, 0.29) is 11.1 Å². The van der Waals surface area contributed by atoms with E-state index in [0.717, 1.165) is 22.3 Å². The van der Waals surface area contributed by atoms with Crippen molar-refractivity contribution < 1.29 is 38.9 Å². The highest BCUT2D eigenvalue weighted by Gasteiger charge is 2.33. The molecule has 0 amide bonds. The van der Waals surface area contributed by atoms with E-state index in [1.54, 1.807) is 48.5 Å². The van der Waals surface area contributed by atoms with Gasteiger partial charge in [0.2, 0.25) is 0 Å². The van der Waals surface area contributed by atoms with Gasteiger partial charge in [-0.3, -0.25) is 9.59 Å². The molecule has 40 heavy (non-hydrogen) atoms. The van der Waals surface area contributed by atoms with Crippen LogP contribution in [-0.2, 0) is 19.1 Å². The molecular formula is C32H26O8. The summed E-state index contributed by atoms with van der Waals surface area (Å²) in [6, 6.07) is 32.4. The molecule has 0 spiro atoms. The summed E-state index contributed by atoms with van der Waals surface area (Å²) in [4.78, 5) is 49.0. The minimum atomic E-state index is -2.30. The summed E-state index contributed by atoms with van der Waals surface area (Å²) >= 11 is 0. The molecule has 0 radical (unpaired) electrons. The Kier molecular flexibility index (Phi) is 9.30. The number of carbonyl (C=O) groups excluding carboxylic acids is 4. The predicted molar refractivity (Wildman–Crippen MR) is 146 cm³/mol. The normalized spacial score (nSPS) is 12.2. The molecule has 0 aliphatic rings. The zero-order chi connectivity index (χ0) is 28.5. The minimum absolute atomic E-state index is 0.275. The summed E-state index contributed by atoms with van der Waals surface area (Å²) in [7, 11) is 0. The molecule has 0 saturated heterocycles. The fraction of sp³-hybridized carbons (Fsp3) is 0.125. The molecule has 0 aromatic heterocycles. The molecule has 0 fully saturated rings. The molecule has 202 valence electrons. The number of ketones is 2. The summed E-state index contributed by atoms with van der Waals surface area (Å²) in [5, 5.41) is 20.0. The van der Waals surface area contributed by atoms with Crippen molar-refractivity contribution in [3.8, 4) is 22.3 Å². The number of rotatable bonds is 11. The smallest absolute Gasteiger partial charge is 0.338 e. The molecule has 8 nitrogen and oxygen atoms in total. The van der Waals surface area contributed by atoms with E-state index in [2.05, 4.69) is 0 Å². The fourth-order valence-corrected chi connectivity index (χ4v) is 3.83. The lowest BCUT2D eigenvalue weighted by atomic mass is 10.0. The van der Waals surface area contributed by atoms with E-state index in [1.807, 2.05) is 60.7 Å². The number of hydrogen-bond acceptors (Lipinski definition) is 8. The lowest BCUT2D eigenvalue weighted by Crippen LogP contribution is -2.42. The van der Waals surface area contributed by atoms with Crippen LogP contribution in [0.5, 0.6) is 0 Å². The van der Waals surface area contributed by atoms with Crippen LogP contribution in [0.1, 0.15) is 20.7 Å². The van der Waals surface area contributed by atoms with E-state index in [9.17, 15) is 29.4 Å². The maximum Gasteiger partial charge on any atom is 0.338 e. The van der Waals surface area contributed by atoms with Crippen LogP contribution in [0.15, 0.2) is 109 Å². The number of esters is 2. The lowest BCUT2D eigenvalue weighted by Gasteiger charge is -2.15. The van der Waals surface area contributed by atoms with Gasteiger partial charge in [-0.2, -0.15) is 0 Å². The molecule has 0 bridgehead atoms. The average Bonchev–Trinajstić information content (AvgIpc) is 3.02.